The molecule has 4 aromatic rings. The van der Waals surface area contributed by atoms with E-state index in [0.717, 1.165) is 10.2 Å². The highest BCUT2D eigenvalue weighted by molar-refractivity contribution is 7.22. The van der Waals surface area contributed by atoms with Gasteiger partial charge in [0.25, 0.3) is 0 Å². The molecule has 0 saturated carbocycles. The normalized spacial score (nSPS) is 10.9. The first-order valence-electron chi connectivity index (χ1n) is 7.96. The first-order valence-corrected chi connectivity index (χ1v) is 9.53. The summed E-state index contributed by atoms with van der Waals surface area (Å²) in [4.78, 5) is 13.0. The Balaban J connectivity index is 1.63. The minimum atomic E-state index is 0.351. The first-order chi connectivity index (χ1) is 13.0. The minimum absolute atomic E-state index is 0.351. The number of nitrogens with two attached hydrogens (primary N) is 1. The van der Waals surface area contributed by atoms with Gasteiger partial charge in [0.2, 0.25) is 0 Å². The predicted octanol–water partition coefficient (Wildman–Crippen LogP) is 5.77. The van der Waals surface area contributed by atoms with Crippen LogP contribution in [0.25, 0.3) is 10.2 Å². The topological polar surface area (TPSA) is 88.8 Å². The number of anilines is 5. The van der Waals surface area contributed by atoms with Gasteiger partial charge < -0.3 is 16.4 Å². The summed E-state index contributed by atoms with van der Waals surface area (Å²) in [7, 11) is 0. The molecule has 136 valence electrons. The maximum absolute atomic E-state index is 6.24. The fraction of sp³-hybridized carbons (Fsp3) is 0.0556. The molecule has 27 heavy (non-hydrogen) atoms. The molecule has 2 aromatic carbocycles. The third kappa shape index (κ3) is 3.75. The van der Waals surface area contributed by atoms with Crippen molar-refractivity contribution < 1.29 is 0 Å². The zero-order valence-electron chi connectivity index (χ0n) is 14.1. The molecule has 6 nitrogen and oxygen atoms in total. The third-order valence-electron chi connectivity index (χ3n) is 3.83. The van der Waals surface area contributed by atoms with Gasteiger partial charge in [0.1, 0.15) is 12.0 Å². The molecule has 0 bridgehead atoms. The van der Waals surface area contributed by atoms with E-state index in [4.69, 9.17) is 28.9 Å². The van der Waals surface area contributed by atoms with Crippen molar-refractivity contribution in [2.75, 3.05) is 16.4 Å². The highest BCUT2D eigenvalue weighted by Crippen LogP contribution is 2.34. The molecule has 0 saturated heterocycles. The number of aryl methyl sites for hydroxylation is 1. The van der Waals surface area contributed by atoms with E-state index in [-0.39, 0.29) is 0 Å². The van der Waals surface area contributed by atoms with Gasteiger partial charge in [-0.05, 0) is 42.8 Å². The number of thiazole rings is 1. The summed E-state index contributed by atoms with van der Waals surface area (Å²) in [6.45, 7) is 2.05. The van der Waals surface area contributed by atoms with Crippen molar-refractivity contribution in [1.82, 2.24) is 15.0 Å². The van der Waals surface area contributed by atoms with Crippen LogP contribution in [0.1, 0.15) is 5.56 Å². The second-order valence-corrected chi connectivity index (χ2v) is 7.72. The Labute approximate surface area is 169 Å². The maximum atomic E-state index is 6.24. The van der Waals surface area contributed by atoms with Crippen LogP contribution in [-0.4, -0.2) is 15.0 Å². The Morgan fingerprint density at radius 3 is 2.59 bits per heavy atom. The lowest BCUT2D eigenvalue weighted by molar-refractivity contribution is 1.17. The Kier molecular flexibility index (Phi) is 4.73. The van der Waals surface area contributed by atoms with Crippen LogP contribution in [0.15, 0.2) is 42.7 Å². The van der Waals surface area contributed by atoms with Crippen molar-refractivity contribution in [2.45, 2.75) is 6.92 Å². The maximum Gasteiger partial charge on any atom is 0.189 e. The van der Waals surface area contributed by atoms with Crippen molar-refractivity contribution in [3.8, 4) is 0 Å². The molecule has 0 aliphatic heterocycles. The molecule has 9 heteroatoms. The average Bonchev–Trinajstić information content (AvgIpc) is 3.03. The number of nitrogen functional groups attached to an aromatic ring is 1. The van der Waals surface area contributed by atoms with Gasteiger partial charge in [-0.2, -0.15) is 0 Å². The Morgan fingerprint density at radius 1 is 1.00 bits per heavy atom. The predicted molar refractivity (Wildman–Crippen MR) is 114 cm³/mol. The van der Waals surface area contributed by atoms with Crippen molar-refractivity contribution in [2.24, 2.45) is 0 Å². The van der Waals surface area contributed by atoms with Crippen LogP contribution in [0.4, 0.5) is 28.1 Å². The lowest BCUT2D eigenvalue weighted by Crippen LogP contribution is -2.05. The molecule has 2 aromatic heterocycles. The van der Waals surface area contributed by atoms with Gasteiger partial charge >= 0.3 is 0 Å². The summed E-state index contributed by atoms with van der Waals surface area (Å²) in [5.41, 5.74) is 9.30. The van der Waals surface area contributed by atoms with E-state index < -0.39 is 0 Å². The van der Waals surface area contributed by atoms with Crippen LogP contribution in [-0.2, 0) is 0 Å². The minimum Gasteiger partial charge on any atom is -0.393 e. The quantitative estimate of drug-likeness (QED) is 0.391. The Bertz CT molecular complexity index is 1140. The molecular weight excluding hydrogens is 403 g/mol. The molecule has 0 radical (unpaired) electrons. The fourth-order valence-corrected chi connectivity index (χ4v) is 3.80. The molecule has 0 atom stereocenters. The van der Waals surface area contributed by atoms with Gasteiger partial charge in [0, 0.05) is 5.02 Å². The molecule has 0 spiro atoms. The van der Waals surface area contributed by atoms with E-state index in [9.17, 15) is 0 Å². The van der Waals surface area contributed by atoms with Crippen LogP contribution in [0.3, 0.4) is 0 Å². The van der Waals surface area contributed by atoms with Gasteiger partial charge in [0.05, 0.1) is 20.9 Å². The van der Waals surface area contributed by atoms with Crippen LogP contribution in [0, 0.1) is 6.92 Å². The molecule has 0 fully saturated rings. The largest absolute Gasteiger partial charge is 0.393 e. The zero-order valence-corrected chi connectivity index (χ0v) is 16.5. The molecule has 0 unspecified atom stereocenters. The van der Waals surface area contributed by atoms with E-state index in [0.29, 0.717) is 38.2 Å². The van der Waals surface area contributed by atoms with Crippen LogP contribution in [0.2, 0.25) is 10.0 Å². The van der Waals surface area contributed by atoms with Crippen LogP contribution in [0.5, 0.6) is 0 Å². The van der Waals surface area contributed by atoms with Gasteiger partial charge in [-0.25, -0.2) is 15.0 Å². The molecule has 4 rings (SSSR count). The monoisotopic (exact) mass is 416 g/mol. The summed E-state index contributed by atoms with van der Waals surface area (Å²) < 4.78 is 1.09. The average molecular weight is 417 g/mol. The number of halogens is 2. The fourth-order valence-electron chi connectivity index (χ4n) is 2.50. The number of hydrogen-bond donors (Lipinski definition) is 3. The van der Waals surface area contributed by atoms with E-state index in [2.05, 4.69) is 31.7 Å². The molecule has 0 aliphatic rings. The number of fused-ring (bicyclic) bond motifs is 1. The zero-order chi connectivity index (χ0) is 19.0. The van der Waals surface area contributed by atoms with Crippen molar-refractivity contribution >= 4 is 72.9 Å². The number of nitrogens with one attached hydrogen (secondary N) is 2. The summed E-state index contributed by atoms with van der Waals surface area (Å²) >= 11 is 13.8. The Hall–Kier alpha value is -2.61. The molecule has 0 amide bonds. The SMILES string of the molecule is Cc1ccc2nc(Nc3ncnc(Nc4cc(Cl)ccc4Cl)c3N)sc2c1. The van der Waals surface area contributed by atoms with E-state index >= 15 is 0 Å². The van der Waals surface area contributed by atoms with Gasteiger partial charge in [-0.3, -0.25) is 0 Å². The second-order valence-electron chi connectivity index (χ2n) is 5.85. The molecule has 4 N–H and O–H groups in total. The third-order valence-corrected chi connectivity index (χ3v) is 5.33. The second kappa shape index (κ2) is 7.19. The van der Waals surface area contributed by atoms with E-state index in [1.165, 1.54) is 23.2 Å². The van der Waals surface area contributed by atoms with Crippen LogP contribution >= 0.6 is 34.5 Å². The standard InChI is InChI=1S/C18H14Cl2N6S/c1-9-2-5-12-14(6-9)27-18(25-12)26-17-15(21)16(22-8-23-17)24-13-7-10(19)3-4-11(13)20/h2-8H,21H2,1H3,(H2,22,23,24,25,26). The lowest BCUT2D eigenvalue weighted by atomic mass is 10.2. The van der Waals surface area contributed by atoms with Crippen LogP contribution < -0.4 is 16.4 Å². The first kappa shape index (κ1) is 17.8. The van der Waals surface area contributed by atoms with E-state index in [1.54, 1.807) is 18.2 Å². The van der Waals surface area contributed by atoms with Gasteiger partial charge in [-0.15, -0.1) is 0 Å². The van der Waals surface area contributed by atoms with Crippen molar-refractivity contribution in [3.63, 3.8) is 0 Å². The number of benzene rings is 2. The number of aromatic nitrogens is 3. The van der Waals surface area contributed by atoms with Gasteiger partial charge in [-0.1, -0.05) is 40.6 Å². The summed E-state index contributed by atoms with van der Waals surface area (Å²) in [5.74, 6) is 0.884. The lowest BCUT2D eigenvalue weighted by Gasteiger charge is -2.12. The van der Waals surface area contributed by atoms with Gasteiger partial charge in [0.15, 0.2) is 16.8 Å². The Morgan fingerprint density at radius 2 is 1.78 bits per heavy atom. The summed E-state index contributed by atoms with van der Waals surface area (Å²) in [6.07, 6.45) is 1.41. The van der Waals surface area contributed by atoms with Crippen molar-refractivity contribution in [1.29, 1.82) is 0 Å². The summed E-state index contributed by atoms with van der Waals surface area (Å²) in [5, 5.41) is 8.02. The van der Waals surface area contributed by atoms with E-state index in [1.807, 2.05) is 19.1 Å². The highest BCUT2D eigenvalue weighted by Gasteiger charge is 2.12. The number of hydrogen-bond acceptors (Lipinski definition) is 7. The van der Waals surface area contributed by atoms with Crippen molar-refractivity contribution in [3.05, 3.63) is 58.3 Å². The molecular formula is C18H14Cl2N6S. The number of rotatable bonds is 4. The number of nitrogens with zero attached hydrogens (tertiary/aromatic N) is 3. The summed E-state index contributed by atoms with van der Waals surface area (Å²) in [6, 6.07) is 11.2. The smallest absolute Gasteiger partial charge is 0.189 e. The highest BCUT2D eigenvalue weighted by atomic mass is 35.5. The molecule has 0 aliphatic carbocycles. The molecule has 2 heterocycles.